The first-order chi connectivity index (χ1) is 6.19. The van der Waals surface area contributed by atoms with Gasteiger partial charge in [0.1, 0.15) is 0 Å². The second kappa shape index (κ2) is 4.18. The maximum atomic E-state index is 10.3. The van der Waals surface area contributed by atoms with Crippen molar-refractivity contribution in [1.29, 1.82) is 0 Å². The van der Waals surface area contributed by atoms with Crippen LogP contribution in [-0.2, 0) is 4.79 Å². The van der Waals surface area contributed by atoms with Crippen LogP contribution in [0, 0.1) is 6.92 Å². The van der Waals surface area contributed by atoms with Crippen molar-refractivity contribution in [2.75, 3.05) is 17.3 Å². The van der Waals surface area contributed by atoms with Crippen LogP contribution in [0.1, 0.15) is 5.56 Å². The third-order valence-corrected chi connectivity index (χ3v) is 2.51. The highest BCUT2D eigenvalue weighted by molar-refractivity contribution is 7.98. The van der Waals surface area contributed by atoms with Crippen LogP contribution in [0.5, 0.6) is 0 Å². The summed E-state index contributed by atoms with van der Waals surface area (Å²) < 4.78 is 0. The fourth-order valence-corrected chi connectivity index (χ4v) is 1.86. The number of benzene rings is 1. The van der Waals surface area contributed by atoms with Crippen LogP contribution < -0.4 is 11.1 Å². The summed E-state index contributed by atoms with van der Waals surface area (Å²) in [4.78, 5) is 11.3. The molecule has 1 rings (SSSR count). The van der Waals surface area contributed by atoms with Gasteiger partial charge >= 0.3 is 0 Å². The first kappa shape index (κ1) is 9.92. The molecular weight excluding hydrogens is 184 g/mol. The number of hydrogen-bond donors (Lipinski definition) is 2. The number of amides is 1. The fraction of sp³-hybridized carbons (Fsp3) is 0.222. The van der Waals surface area contributed by atoms with Gasteiger partial charge in [-0.2, -0.15) is 0 Å². The molecule has 0 unspecified atom stereocenters. The van der Waals surface area contributed by atoms with Crippen molar-refractivity contribution in [1.82, 2.24) is 0 Å². The standard InChI is InChI=1S/C9H12N2OS/c1-6-3-7(10)4-8(13-2)9(6)11-5-12/h3-5H,10H2,1-2H3,(H,11,12). The molecule has 0 aromatic heterocycles. The summed E-state index contributed by atoms with van der Waals surface area (Å²) in [6, 6.07) is 3.69. The predicted molar refractivity (Wildman–Crippen MR) is 57.1 cm³/mol. The maximum absolute atomic E-state index is 10.3. The van der Waals surface area contributed by atoms with Gasteiger partial charge in [0, 0.05) is 10.6 Å². The molecule has 1 amide bonds. The zero-order chi connectivity index (χ0) is 9.84. The molecule has 0 saturated heterocycles. The molecule has 0 aliphatic heterocycles. The number of carbonyl (C=O) groups is 1. The summed E-state index contributed by atoms with van der Waals surface area (Å²) >= 11 is 1.56. The summed E-state index contributed by atoms with van der Waals surface area (Å²) in [6.45, 7) is 1.92. The van der Waals surface area contributed by atoms with Crippen LogP contribution in [-0.4, -0.2) is 12.7 Å². The molecule has 70 valence electrons. The highest BCUT2D eigenvalue weighted by atomic mass is 32.2. The van der Waals surface area contributed by atoms with E-state index in [1.807, 2.05) is 25.3 Å². The second-order valence-corrected chi connectivity index (χ2v) is 3.53. The molecule has 1 aromatic rings. The lowest BCUT2D eigenvalue weighted by Gasteiger charge is -2.10. The molecule has 0 aliphatic rings. The molecule has 13 heavy (non-hydrogen) atoms. The number of anilines is 2. The van der Waals surface area contributed by atoms with Gasteiger partial charge in [0.05, 0.1) is 5.69 Å². The number of aryl methyl sites for hydroxylation is 1. The Morgan fingerprint density at radius 3 is 2.77 bits per heavy atom. The molecule has 0 radical (unpaired) electrons. The van der Waals surface area contributed by atoms with E-state index in [-0.39, 0.29) is 0 Å². The number of nitrogens with one attached hydrogen (secondary N) is 1. The summed E-state index contributed by atoms with van der Waals surface area (Å²) in [5, 5.41) is 2.67. The average molecular weight is 196 g/mol. The third-order valence-electron chi connectivity index (χ3n) is 1.74. The Morgan fingerprint density at radius 1 is 1.54 bits per heavy atom. The first-order valence-corrected chi connectivity index (χ1v) is 5.05. The fourth-order valence-electron chi connectivity index (χ4n) is 1.19. The summed E-state index contributed by atoms with van der Waals surface area (Å²) in [5.41, 5.74) is 8.22. The van der Waals surface area contributed by atoms with Crippen molar-refractivity contribution in [3.63, 3.8) is 0 Å². The number of nitrogens with two attached hydrogens (primary N) is 1. The highest BCUT2D eigenvalue weighted by Gasteiger charge is 2.05. The van der Waals surface area contributed by atoms with Gasteiger partial charge in [-0.15, -0.1) is 11.8 Å². The lowest BCUT2D eigenvalue weighted by Crippen LogP contribution is -1.99. The largest absolute Gasteiger partial charge is 0.399 e. The maximum Gasteiger partial charge on any atom is 0.211 e. The van der Waals surface area contributed by atoms with Gasteiger partial charge in [-0.05, 0) is 30.9 Å². The van der Waals surface area contributed by atoms with E-state index in [1.54, 1.807) is 11.8 Å². The average Bonchev–Trinajstić information content (AvgIpc) is 2.09. The Hall–Kier alpha value is -1.16. The second-order valence-electron chi connectivity index (χ2n) is 2.68. The number of thioether (sulfide) groups is 1. The molecule has 0 saturated carbocycles. The van der Waals surface area contributed by atoms with Crippen molar-refractivity contribution < 1.29 is 4.79 Å². The van der Waals surface area contributed by atoms with Crippen LogP contribution in [0.3, 0.4) is 0 Å². The van der Waals surface area contributed by atoms with Gasteiger partial charge in [-0.25, -0.2) is 0 Å². The molecule has 4 heteroatoms. The third kappa shape index (κ3) is 2.15. The smallest absolute Gasteiger partial charge is 0.211 e. The van der Waals surface area contributed by atoms with Crippen molar-refractivity contribution in [3.05, 3.63) is 17.7 Å². The Balaban J connectivity index is 3.20. The first-order valence-electron chi connectivity index (χ1n) is 3.83. The van der Waals surface area contributed by atoms with E-state index in [9.17, 15) is 4.79 Å². The van der Waals surface area contributed by atoms with E-state index in [2.05, 4.69) is 5.32 Å². The lowest BCUT2D eigenvalue weighted by atomic mass is 10.2. The van der Waals surface area contributed by atoms with Crippen molar-refractivity contribution in [2.24, 2.45) is 0 Å². The molecule has 3 N–H and O–H groups in total. The van der Waals surface area contributed by atoms with Crippen LogP contribution >= 0.6 is 11.8 Å². The van der Waals surface area contributed by atoms with Crippen LogP contribution in [0.15, 0.2) is 17.0 Å². The van der Waals surface area contributed by atoms with Gasteiger partial charge in [-0.3, -0.25) is 4.79 Å². The van der Waals surface area contributed by atoms with Crippen LogP contribution in [0.25, 0.3) is 0 Å². The molecule has 0 spiro atoms. The number of nitrogen functional groups attached to an aromatic ring is 1. The summed E-state index contributed by atoms with van der Waals surface area (Å²) in [5.74, 6) is 0. The molecule has 0 atom stereocenters. The highest BCUT2D eigenvalue weighted by Crippen LogP contribution is 2.30. The van der Waals surface area contributed by atoms with E-state index < -0.39 is 0 Å². The van der Waals surface area contributed by atoms with Gasteiger partial charge in [0.25, 0.3) is 0 Å². The summed E-state index contributed by atoms with van der Waals surface area (Å²) in [7, 11) is 0. The van der Waals surface area contributed by atoms with Gasteiger partial charge in [-0.1, -0.05) is 0 Å². The minimum absolute atomic E-state index is 0.679. The van der Waals surface area contributed by atoms with E-state index in [4.69, 9.17) is 5.73 Å². The Kier molecular flexibility index (Phi) is 3.19. The monoisotopic (exact) mass is 196 g/mol. The number of rotatable bonds is 3. The molecule has 0 fully saturated rings. The van der Waals surface area contributed by atoms with Crippen LogP contribution in [0.4, 0.5) is 11.4 Å². The minimum Gasteiger partial charge on any atom is -0.399 e. The molecule has 0 bridgehead atoms. The molecule has 0 heterocycles. The lowest BCUT2D eigenvalue weighted by molar-refractivity contribution is -0.105. The molecule has 1 aromatic carbocycles. The van der Waals surface area contributed by atoms with E-state index >= 15 is 0 Å². The quantitative estimate of drug-likeness (QED) is 0.441. The van der Waals surface area contributed by atoms with E-state index in [0.29, 0.717) is 6.41 Å². The zero-order valence-corrected chi connectivity index (χ0v) is 8.44. The SMILES string of the molecule is CSc1cc(N)cc(C)c1NC=O. The van der Waals surface area contributed by atoms with Gasteiger partial charge < -0.3 is 11.1 Å². The Bertz CT molecular complexity index is 326. The predicted octanol–water partition coefficient (Wildman–Crippen LogP) is 1.87. The molecular formula is C9H12N2OS. The summed E-state index contributed by atoms with van der Waals surface area (Å²) in [6.07, 6.45) is 2.63. The zero-order valence-electron chi connectivity index (χ0n) is 7.63. The number of hydrogen-bond acceptors (Lipinski definition) is 3. The normalized spacial score (nSPS) is 9.69. The van der Waals surface area contributed by atoms with Crippen LogP contribution in [0.2, 0.25) is 0 Å². The molecule has 0 aliphatic carbocycles. The van der Waals surface area contributed by atoms with E-state index in [0.717, 1.165) is 21.8 Å². The topological polar surface area (TPSA) is 55.1 Å². The van der Waals surface area contributed by atoms with Crippen molar-refractivity contribution in [2.45, 2.75) is 11.8 Å². The minimum atomic E-state index is 0.679. The number of carbonyl (C=O) groups excluding carboxylic acids is 1. The Labute approximate surface area is 81.7 Å². The van der Waals surface area contributed by atoms with Crippen molar-refractivity contribution in [3.8, 4) is 0 Å². The van der Waals surface area contributed by atoms with E-state index in [1.165, 1.54) is 0 Å². The Morgan fingerprint density at radius 2 is 2.23 bits per heavy atom. The molecule has 3 nitrogen and oxygen atoms in total. The van der Waals surface area contributed by atoms with Gasteiger partial charge in [0.2, 0.25) is 6.41 Å². The van der Waals surface area contributed by atoms with Crippen molar-refractivity contribution >= 4 is 29.5 Å². The van der Waals surface area contributed by atoms with Gasteiger partial charge in [0.15, 0.2) is 0 Å².